The zero-order valence-corrected chi connectivity index (χ0v) is 11.3. The summed E-state index contributed by atoms with van der Waals surface area (Å²) in [6.07, 6.45) is 2.91. The van der Waals surface area contributed by atoms with Gasteiger partial charge in [0.05, 0.1) is 6.04 Å². The monoisotopic (exact) mass is 242 g/mol. The SMILES string of the molecule is CC(C)(C)[C@@H](N)C(=O)N1CCCC(CCO)C1. The topological polar surface area (TPSA) is 66.6 Å². The van der Waals surface area contributed by atoms with E-state index in [-0.39, 0.29) is 17.9 Å². The maximum atomic E-state index is 12.2. The molecule has 4 nitrogen and oxygen atoms in total. The van der Waals surface area contributed by atoms with Crippen molar-refractivity contribution in [1.82, 2.24) is 4.90 Å². The summed E-state index contributed by atoms with van der Waals surface area (Å²) in [6, 6.07) is -0.435. The summed E-state index contributed by atoms with van der Waals surface area (Å²) in [7, 11) is 0. The number of piperidine rings is 1. The van der Waals surface area contributed by atoms with Crippen molar-refractivity contribution in [3.8, 4) is 0 Å². The summed E-state index contributed by atoms with van der Waals surface area (Å²) in [5.74, 6) is 0.491. The molecule has 0 aromatic rings. The van der Waals surface area contributed by atoms with E-state index in [0.29, 0.717) is 5.92 Å². The largest absolute Gasteiger partial charge is 0.396 e. The summed E-state index contributed by atoms with van der Waals surface area (Å²) >= 11 is 0. The average molecular weight is 242 g/mol. The Labute approximate surface area is 104 Å². The highest BCUT2D eigenvalue weighted by atomic mass is 16.3. The summed E-state index contributed by atoms with van der Waals surface area (Å²) in [5, 5.41) is 8.95. The van der Waals surface area contributed by atoms with Gasteiger partial charge in [-0.3, -0.25) is 4.79 Å². The van der Waals surface area contributed by atoms with Crippen LogP contribution in [0.2, 0.25) is 0 Å². The number of likely N-dealkylation sites (tertiary alicyclic amines) is 1. The van der Waals surface area contributed by atoms with Gasteiger partial charge in [-0.25, -0.2) is 0 Å². The summed E-state index contributed by atoms with van der Waals surface area (Å²) < 4.78 is 0. The predicted molar refractivity (Wildman–Crippen MR) is 68.4 cm³/mol. The summed E-state index contributed by atoms with van der Waals surface area (Å²) in [5.41, 5.74) is 5.81. The minimum absolute atomic E-state index is 0.0557. The highest BCUT2D eigenvalue weighted by Crippen LogP contribution is 2.23. The van der Waals surface area contributed by atoms with Crippen LogP contribution in [0.4, 0.5) is 0 Å². The Balaban J connectivity index is 2.57. The van der Waals surface area contributed by atoms with Gasteiger partial charge in [0.2, 0.25) is 5.91 Å². The molecule has 1 aliphatic heterocycles. The van der Waals surface area contributed by atoms with Gasteiger partial charge in [0.1, 0.15) is 0 Å². The van der Waals surface area contributed by atoms with Crippen molar-refractivity contribution in [3.05, 3.63) is 0 Å². The summed E-state index contributed by atoms with van der Waals surface area (Å²) in [6.45, 7) is 7.74. The number of aliphatic hydroxyl groups is 1. The zero-order valence-electron chi connectivity index (χ0n) is 11.3. The molecular formula is C13H26N2O2. The van der Waals surface area contributed by atoms with Gasteiger partial charge in [0.15, 0.2) is 0 Å². The van der Waals surface area contributed by atoms with Crippen LogP contribution in [0.15, 0.2) is 0 Å². The van der Waals surface area contributed by atoms with Crippen LogP contribution in [0.25, 0.3) is 0 Å². The average Bonchev–Trinajstić information content (AvgIpc) is 2.27. The van der Waals surface area contributed by atoms with E-state index < -0.39 is 6.04 Å². The van der Waals surface area contributed by atoms with E-state index in [2.05, 4.69) is 0 Å². The normalized spacial score (nSPS) is 23.6. The number of hydrogen-bond acceptors (Lipinski definition) is 3. The Hall–Kier alpha value is -0.610. The third kappa shape index (κ3) is 3.96. The minimum atomic E-state index is -0.435. The maximum absolute atomic E-state index is 12.2. The molecule has 0 bridgehead atoms. The standard InChI is InChI=1S/C13H26N2O2/c1-13(2,3)11(14)12(17)15-7-4-5-10(9-15)6-8-16/h10-11,16H,4-9,14H2,1-3H3/t10?,11-/m0/s1. The molecule has 0 aliphatic carbocycles. The van der Waals surface area contributed by atoms with E-state index in [1.807, 2.05) is 25.7 Å². The molecule has 1 aliphatic rings. The number of nitrogens with zero attached hydrogens (tertiary/aromatic N) is 1. The lowest BCUT2D eigenvalue weighted by Gasteiger charge is -2.37. The molecule has 0 spiro atoms. The fraction of sp³-hybridized carbons (Fsp3) is 0.923. The lowest BCUT2D eigenvalue weighted by atomic mass is 9.85. The number of hydrogen-bond donors (Lipinski definition) is 2. The zero-order chi connectivity index (χ0) is 13.1. The lowest BCUT2D eigenvalue weighted by Crippen LogP contribution is -2.53. The molecule has 1 rings (SSSR count). The van der Waals surface area contributed by atoms with Crippen LogP contribution in [0.3, 0.4) is 0 Å². The van der Waals surface area contributed by atoms with Gasteiger partial charge < -0.3 is 15.7 Å². The van der Waals surface area contributed by atoms with Gasteiger partial charge in [-0.15, -0.1) is 0 Å². The first kappa shape index (κ1) is 14.5. The van der Waals surface area contributed by atoms with Crippen molar-refractivity contribution in [2.45, 2.75) is 46.1 Å². The van der Waals surface area contributed by atoms with Gasteiger partial charge in [-0.2, -0.15) is 0 Å². The number of rotatable bonds is 3. The molecular weight excluding hydrogens is 216 g/mol. The number of aliphatic hydroxyl groups excluding tert-OH is 1. The van der Waals surface area contributed by atoms with Crippen LogP contribution in [-0.4, -0.2) is 41.7 Å². The van der Waals surface area contributed by atoms with E-state index in [0.717, 1.165) is 32.4 Å². The van der Waals surface area contributed by atoms with Crippen LogP contribution >= 0.6 is 0 Å². The van der Waals surface area contributed by atoms with Gasteiger partial charge >= 0.3 is 0 Å². The van der Waals surface area contributed by atoms with Crippen LogP contribution in [0, 0.1) is 11.3 Å². The first-order chi connectivity index (χ1) is 7.86. The van der Waals surface area contributed by atoms with Gasteiger partial charge in [0.25, 0.3) is 0 Å². The molecule has 1 saturated heterocycles. The highest BCUT2D eigenvalue weighted by Gasteiger charge is 2.33. The third-order valence-electron chi connectivity index (χ3n) is 3.57. The number of carbonyl (C=O) groups is 1. The second kappa shape index (κ2) is 5.83. The molecule has 0 saturated carbocycles. The van der Waals surface area contributed by atoms with Crippen LogP contribution in [0.5, 0.6) is 0 Å². The molecule has 100 valence electrons. The fourth-order valence-electron chi connectivity index (χ4n) is 2.25. The Bertz CT molecular complexity index is 259. The Morgan fingerprint density at radius 3 is 2.71 bits per heavy atom. The summed E-state index contributed by atoms with van der Waals surface area (Å²) in [4.78, 5) is 14.1. The fourth-order valence-corrected chi connectivity index (χ4v) is 2.25. The van der Waals surface area contributed by atoms with E-state index in [9.17, 15) is 4.79 Å². The highest BCUT2D eigenvalue weighted by molar-refractivity contribution is 5.82. The Morgan fingerprint density at radius 1 is 1.53 bits per heavy atom. The van der Waals surface area contributed by atoms with Crippen molar-refractivity contribution in [3.63, 3.8) is 0 Å². The van der Waals surface area contributed by atoms with Gasteiger partial charge in [-0.05, 0) is 30.6 Å². The van der Waals surface area contributed by atoms with Crippen molar-refractivity contribution in [2.24, 2.45) is 17.1 Å². The van der Waals surface area contributed by atoms with E-state index in [1.165, 1.54) is 0 Å². The molecule has 17 heavy (non-hydrogen) atoms. The van der Waals surface area contributed by atoms with Gasteiger partial charge in [-0.1, -0.05) is 20.8 Å². The van der Waals surface area contributed by atoms with Gasteiger partial charge in [0, 0.05) is 19.7 Å². The molecule has 0 radical (unpaired) electrons. The van der Waals surface area contributed by atoms with Crippen molar-refractivity contribution >= 4 is 5.91 Å². The molecule has 0 aromatic heterocycles. The molecule has 4 heteroatoms. The minimum Gasteiger partial charge on any atom is -0.396 e. The van der Waals surface area contributed by atoms with Crippen LogP contribution in [-0.2, 0) is 4.79 Å². The number of carbonyl (C=O) groups excluding carboxylic acids is 1. The smallest absolute Gasteiger partial charge is 0.240 e. The lowest BCUT2D eigenvalue weighted by molar-refractivity contribution is -0.136. The second-order valence-corrected chi connectivity index (χ2v) is 6.15. The molecule has 1 fully saturated rings. The molecule has 1 heterocycles. The first-order valence-electron chi connectivity index (χ1n) is 6.51. The molecule has 0 aromatic carbocycles. The molecule has 2 atom stereocenters. The van der Waals surface area contributed by atoms with Crippen LogP contribution < -0.4 is 5.73 Å². The number of nitrogens with two attached hydrogens (primary N) is 1. The van der Waals surface area contributed by atoms with Crippen LogP contribution in [0.1, 0.15) is 40.0 Å². The van der Waals surface area contributed by atoms with Crippen molar-refractivity contribution in [1.29, 1.82) is 0 Å². The Kier molecular flexibility index (Phi) is 4.95. The quantitative estimate of drug-likeness (QED) is 0.775. The molecule has 3 N–H and O–H groups in total. The van der Waals surface area contributed by atoms with Crippen molar-refractivity contribution < 1.29 is 9.90 Å². The van der Waals surface area contributed by atoms with E-state index in [4.69, 9.17) is 10.8 Å². The Morgan fingerprint density at radius 2 is 2.18 bits per heavy atom. The number of amides is 1. The second-order valence-electron chi connectivity index (χ2n) is 6.15. The predicted octanol–water partition coefficient (Wildman–Crippen LogP) is 0.981. The van der Waals surface area contributed by atoms with E-state index >= 15 is 0 Å². The maximum Gasteiger partial charge on any atom is 0.240 e. The molecule has 1 amide bonds. The van der Waals surface area contributed by atoms with Crippen molar-refractivity contribution in [2.75, 3.05) is 19.7 Å². The first-order valence-corrected chi connectivity index (χ1v) is 6.51. The van der Waals surface area contributed by atoms with E-state index in [1.54, 1.807) is 0 Å². The molecule has 1 unspecified atom stereocenters. The third-order valence-corrected chi connectivity index (χ3v) is 3.57.